The van der Waals surface area contributed by atoms with E-state index in [9.17, 15) is 0 Å². The standard InChI is InChI=1S/C16H20N2S/c1-3-17-11-14-9-6-10-18-16(14)19-12-15-8-5-4-7-13(15)2/h4-10,17H,3,11-12H2,1-2H3. The molecule has 0 amide bonds. The Morgan fingerprint density at radius 1 is 1.11 bits per heavy atom. The maximum absolute atomic E-state index is 4.50. The highest BCUT2D eigenvalue weighted by atomic mass is 32.2. The van der Waals surface area contributed by atoms with Crippen molar-refractivity contribution in [3.8, 4) is 0 Å². The molecule has 0 aliphatic heterocycles. The van der Waals surface area contributed by atoms with Crippen molar-refractivity contribution in [2.24, 2.45) is 0 Å². The van der Waals surface area contributed by atoms with Gasteiger partial charge >= 0.3 is 0 Å². The summed E-state index contributed by atoms with van der Waals surface area (Å²) in [5.41, 5.74) is 4.01. The second-order valence-corrected chi connectivity index (χ2v) is 5.43. The monoisotopic (exact) mass is 272 g/mol. The van der Waals surface area contributed by atoms with E-state index in [0.29, 0.717) is 0 Å². The number of rotatable bonds is 6. The van der Waals surface area contributed by atoms with E-state index in [0.717, 1.165) is 23.9 Å². The fraction of sp³-hybridized carbons (Fsp3) is 0.312. The van der Waals surface area contributed by atoms with Gasteiger partial charge in [0, 0.05) is 18.5 Å². The number of hydrogen-bond donors (Lipinski definition) is 1. The van der Waals surface area contributed by atoms with Gasteiger partial charge in [0.15, 0.2) is 0 Å². The van der Waals surface area contributed by atoms with Crippen molar-refractivity contribution in [3.05, 3.63) is 59.3 Å². The smallest absolute Gasteiger partial charge is 0.101 e. The zero-order valence-corrected chi connectivity index (χ0v) is 12.3. The predicted molar refractivity (Wildman–Crippen MR) is 82.4 cm³/mol. The van der Waals surface area contributed by atoms with Crippen molar-refractivity contribution in [2.45, 2.75) is 31.2 Å². The Morgan fingerprint density at radius 2 is 1.89 bits per heavy atom. The van der Waals surface area contributed by atoms with Crippen LogP contribution in [0, 0.1) is 6.92 Å². The van der Waals surface area contributed by atoms with E-state index in [2.05, 4.69) is 54.5 Å². The molecule has 19 heavy (non-hydrogen) atoms. The van der Waals surface area contributed by atoms with Crippen LogP contribution in [0.5, 0.6) is 0 Å². The van der Waals surface area contributed by atoms with Crippen LogP contribution in [0.4, 0.5) is 0 Å². The lowest BCUT2D eigenvalue weighted by Gasteiger charge is -2.09. The Bertz CT molecular complexity index is 526. The Kier molecular flexibility index (Phi) is 5.43. The minimum Gasteiger partial charge on any atom is -0.313 e. The molecule has 1 aromatic carbocycles. The lowest BCUT2D eigenvalue weighted by atomic mass is 10.1. The highest BCUT2D eigenvalue weighted by Crippen LogP contribution is 2.25. The van der Waals surface area contributed by atoms with Gasteiger partial charge in [-0.05, 0) is 36.2 Å². The number of pyridine rings is 1. The molecule has 0 aliphatic rings. The van der Waals surface area contributed by atoms with Crippen molar-refractivity contribution in [3.63, 3.8) is 0 Å². The first kappa shape index (κ1) is 14.1. The molecule has 0 spiro atoms. The minimum atomic E-state index is 0.889. The first-order valence-corrected chi connectivity index (χ1v) is 7.61. The van der Waals surface area contributed by atoms with Gasteiger partial charge in [-0.15, -0.1) is 11.8 Å². The van der Waals surface area contributed by atoms with Crippen LogP contribution < -0.4 is 5.32 Å². The van der Waals surface area contributed by atoms with E-state index in [1.807, 2.05) is 24.0 Å². The average Bonchev–Trinajstić information content (AvgIpc) is 2.45. The number of thioether (sulfide) groups is 1. The first-order chi connectivity index (χ1) is 9.31. The Morgan fingerprint density at radius 3 is 2.68 bits per heavy atom. The fourth-order valence-electron chi connectivity index (χ4n) is 1.87. The van der Waals surface area contributed by atoms with Gasteiger partial charge in [0.2, 0.25) is 0 Å². The molecule has 0 unspecified atom stereocenters. The zero-order valence-electron chi connectivity index (χ0n) is 11.5. The Balaban J connectivity index is 2.05. The average molecular weight is 272 g/mol. The molecule has 0 atom stereocenters. The fourth-order valence-corrected chi connectivity index (χ4v) is 2.94. The SMILES string of the molecule is CCNCc1cccnc1SCc1ccccc1C. The van der Waals surface area contributed by atoms with E-state index >= 15 is 0 Å². The third kappa shape index (κ3) is 4.08. The second-order valence-electron chi connectivity index (χ2n) is 4.46. The maximum Gasteiger partial charge on any atom is 0.101 e. The molecule has 0 bridgehead atoms. The number of benzene rings is 1. The third-order valence-corrected chi connectivity index (χ3v) is 4.14. The zero-order chi connectivity index (χ0) is 13.5. The number of nitrogens with one attached hydrogen (secondary N) is 1. The van der Waals surface area contributed by atoms with Crippen molar-refractivity contribution in [2.75, 3.05) is 6.54 Å². The van der Waals surface area contributed by atoms with Gasteiger partial charge in [-0.3, -0.25) is 0 Å². The molecule has 1 aromatic heterocycles. The van der Waals surface area contributed by atoms with Crippen LogP contribution in [-0.2, 0) is 12.3 Å². The molecule has 3 heteroatoms. The van der Waals surface area contributed by atoms with Crippen LogP contribution in [0.15, 0.2) is 47.6 Å². The van der Waals surface area contributed by atoms with Crippen LogP contribution in [0.25, 0.3) is 0 Å². The minimum absolute atomic E-state index is 0.889. The van der Waals surface area contributed by atoms with Crippen molar-refractivity contribution in [1.29, 1.82) is 0 Å². The summed E-state index contributed by atoms with van der Waals surface area (Å²) in [6.07, 6.45) is 1.87. The van der Waals surface area contributed by atoms with Crippen LogP contribution in [0.3, 0.4) is 0 Å². The van der Waals surface area contributed by atoms with Crippen molar-refractivity contribution >= 4 is 11.8 Å². The van der Waals surface area contributed by atoms with Crippen LogP contribution in [0.2, 0.25) is 0 Å². The molecule has 100 valence electrons. The number of aryl methyl sites for hydroxylation is 1. The number of hydrogen-bond acceptors (Lipinski definition) is 3. The molecule has 0 radical (unpaired) electrons. The lowest BCUT2D eigenvalue weighted by Crippen LogP contribution is -2.12. The van der Waals surface area contributed by atoms with Gasteiger partial charge in [-0.1, -0.05) is 37.3 Å². The van der Waals surface area contributed by atoms with Crippen LogP contribution in [-0.4, -0.2) is 11.5 Å². The number of aromatic nitrogens is 1. The summed E-state index contributed by atoms with van der Waals surface area (Å²) >= 11 is 1.81. The summed E-state index contributed by atoms with van der Waals surface area (Å²) < 4.78 is 0. The molecular weight excluding hydrogens is 252 g/mol. The van der Waals surface area contributed by atoms with E-state index in [1.54, 1.807) is 0 Å². The predicted octanol–water partition coefficient (Wildman–Crippen LogP) is 3.79. The Hall–Kier alpha value is -1.32. The lowest BCUT2D eigenvalue weighted by molar-refractivity contribution is 0.711. The van der Waals surface area contributed by atoms with Crippen LogP contribution >= 0.6 is 11.8 Å². The topological polar surface area (TPSA) is 24.9 Å². The largest absolute Gasteiger partial charge is 0.313 e. The molecule has 2 aromatic rings. The van der Waals surface area contributed by atoms with E-state index in [-0.39, 0.29) is 0 Å². The third-order valence-electron chi connectivity index (χ3n) is 3.04. The summed E-state index contributed by atoms with van der Waals surface area (Å²) in [5.74, 6) is 0.975. The van der Waals surface area contributed by atoms with Gasteiger partial charge in [0.05, 0.1) is 0 Å². The number of nitrogens with zero attached hydrogens (tertiary/aromatic N) is 1. The summed E-state index contributed by atoms with van der Waals surface area (Å²) in [7, 11) is 0. The van der Waals surface area contributed by atoms with Gasteiger partial charge in [0.25, 0.3) is 0 Å². The van der Waals surface area contributed by atoms with Gasteiger partial charge < -0.3 is 5.32 Å². The van der Waals surface area contributed by atoms with Gasteiger partial charge in [0.1, 0.15) is 5.03 Å². The quantitative estimate of drug-likeness (QED) is 0.810. The molecule has 0 fully saturated rings. The molecular formula is C16H20N2S. The van der Waals surface area contributed by atoms with Gasteiger partial charge in [-0.2, -0.15) is 0 Å². The summed E-state index contributed by atoms with van der Waals surface area (Å²) in [5, 5.41) is 4.49. The molecule has 0 aliphatic carbocycles. The normalized spacial score (nSPS) is 10.6. The van der Waals surface area contributed by atoms with E-state index in [4.69, 9.17) is 0 Å². The van der Waals surface area contributed by atoms with E-state index in [1.165, 1.54) is 16.7 Å². The van der Waals surface area contributed by atoms with Gasteiger partial charge in [-0.25, -0.2) is 4.98 Å². The molecule has 1 N–H and O–H groups in total. The molecule has 0 saturated heterocycles. The summed E-state index contributed by atoms with van der Waals surface area (Å²) in [6.45, 7) is 6.15. The van der Waals surface area contributed by atoms with Crippen LogP contribution in [0.1, 0.15) is 23.6 Å². The summed E-state index contributed by atoms with van der Waals surface area (Å²) in [6, 6.07) is 12.7. The summed E-state index contributed by atoms with van der Waals surface area (Å²) in [4.78, 5) is 4.50. The van der Waals surface area contributed by atoms with Crippen molar-refractivity contribution < 1.29 is 0 Å². The highest BCUT2D eigenvalue weighted by molar-refractivity contribution is 7.98. The van der Waals surface area contributed by atoms with Crippen molar-refractivity contribution in [1.82, 2.24) is 10.3 Å². The maximum atomic E-state index is 4.50. The first-order valence-electron chi connectivity index (χ1n) is 6.63. The molecule has 2 rings (SSSR count). The Labute approximate surface area is 119 Å². The molecule has 1 heterocycles. The second kappa shape index (κ2) is 7.31. The highest BCUT2D eigenvalue weighted by Gasteiger charge is 2.05. The van der Waals surface area contributed by atoms with E-state index < -0.39 is 0 Å². The molecule has 2 nitrogen and oxygen atoms in total. The molecule has 0 saturated carbocycles.